The van der Waals surface area contributed by atoms with Gasteiger partial charge in [-0.05, 0) is 81.0 Å². The smallest absolute Gasteiger partial charge is 0.295 e. The fraction of sp³-hybridized carbons (Fsp3) is 0.267. The zero-order valence-corrected chi connectivity index (χ0v) is 23.1. The monoisotopic (exact) mass is 552 g/mol. The first-order valence-electron chi connectivity index (χ1n) is 12.3. The van der Waals surface area contributed by atoms with Crippen molar-refractivity contribution in [3.63, 3.8) is 0 Å². The molecular weight excluding hydrogens is 523 g/mol. The first-order valence-corrected chi connectivity index (χ1v) is 13.1. The second-order valence-electron chi connectivity index (χ2n) is 9.58. The molecule has 1 N–H and O–H groups in total. The molecule has 1 fully saturated rings. The van der Waals surface area contributed by atoms with E-state index in [0.29, 0.717) is 46.5 Å². The molecule has 3 aromatic carbocycles. The van der Waals surface area contributed by atoms with Crippen LogP contribution in [0, 0.1) is 6.92 Å². The number of benzene rings is 3. The topological polar surface area (TPSA) is 70.1 Å². The van der Waals surface area contributed by atoms with E-state index in [-0.39, 0.29) is 11.3 Å². The fourth-order valence-corrected chi connectivity index (χ4v) is 4.85. The lowest BCUT2D eigenvalue weighted by atomic mass is 9.94. The summed E-state index contributed by atoms with van der Waals surface area (Å²) in [7, 11) is 3.89. The van der Waals surface area contributed by atoms with Crippen LogP contribution in [-0.2, 0) is 16.2 Å². The Kier molecular flexibility index (Phi) is 8.77. The summed E-state index contributed by atoms with van der Waals surface area (Å²) in [5, 5.41) is 12.1. The van der Waals surface area contributed by atoms with E-state index in [1.54, 1.807) is 36.4 Å². The molecule has 8 heteroatoms. The second kappa shape index (κ2) is 12.0. The standard InChI is InChI=1S/C30H30Cl2N2O4/c1-19-16-22(11-13-25(19)38-18-20-8-5-4-6-9-20)28(35)26-27(21-10-12-23(31)24(32)17-21)34(30(37)29(26)36)15-7-14-33(2)3/h4-6,8-13,16-17,27,35H,7,14-15,18H2,1-3H3/b28-26+. The van der Waals surface area contributed by atoms with Crippen molar-refractivity contribution >= 4 is 40.7 Å². The van der Waals surface area contributed by atoms with E-state index in [0.717, 1.165) is 17.7 Å². The van der Waals surface area contributed by atoms with Gasteiger partial charge in [-0.15, -0.1) is 0 Å². The molecular formula is C30H30Cl2N2O4. The lowest BCUT2D eigenvalue weighted by Crippen LogP contribution is -2.32. The zero-order chi connectivity index (χ0) is 27.4. The molecule has 6 nitrogen and oxygen atoms in total. The van der Waals surface area contributed by atoms with Crippen molar-refractivity contribution in [2.75, 3.05) is 27.2 Å². The highest BCUT2D eigenvalue weighted by molar-refractivity contribution is 6.46. The largest absolute Gasteiger partial charge is 0.507 e. The molecule has 3 aromatic rings. The molecule has 0 aliphatic carbocycles. The van der Waals surface area contributed by atoms with Gasteiger partial charge in [-0.1, -0.05) is 59.6 Å². The number of Topliss-reactive ketones (excluding diaryl/α,β-unsaturated/α-hetero) is 1. The molecule has 1 atom stereocenters. The van der Waals surface area contributed by atoms with Gasteiger partial charge in [-0.3, -0.25) is 9.59 Å². The van der Waals surface area contributed by atoms with Crippen molar-refractivity contribution in [1.29, 1.82) is 0 Å². The Morgan fingerprint density at radius 2 is 1.74 bits per heavy atom. The van der Waals surface area contributed by atoms with Gasteiger partial charge in [0.15, 0.2) is 0 Å². The Balaban J connectivity index is 1.70. The van der Waals surface area contributed by atoms with Gasteiger partial charge in [0.25, 0.3) is 11.7 Å². The molecule has 1 saturated heterocycles. The number of rotatable bonds is 9. The third-order valence-corrected chi connectivity index (χ3v) is 7.23. The minimum Gasteiger partial charge on any atom is -0.507 e. The molecule has 1 amide bonds. The molecule has 0 bridgehead atoms. The first-order chi connectivity index (χ1) is 18.2. The van der Waals surface area contributed by atoms with Crippen LogP contribution in [-0.4, -0.2) is 53.8 Å². The number of amides is 1. The number of likely N-dealkylation sites (tertiary alicyclic amines) is 1. The van der Waals surface area contributed by atoms with Gasteiger partial charge in [0, 0.05) is 12.1 Å². The summed E-state index contributed by atoms with van der Waals surface area (Å²) in [4.78, 5) is 29.9. The minimum atomic E-state index is -0.791. The number of hydrogen-bond donors (Lipinski definition) is 1. The number of ketones is 1. The zero-order valence-electron chi connectivity index (χ0n) is 21.6. The van der Waals surface area contributed by atoms with Gasteiger partial charge >= 0.3 is 0 Å². The number of nitrogens with zero attached hydrogens (tertiary/aromatic N) is 2. The van der Waals surface area contributed by atoms with Gasteiger partial charge < -0.3 is 19.6 Å². The third kappa shape index (κ3) is 6.04. The van der Waals surface area contributed by atoms with Crippen molar-refractivity contribution in [3.8, 4) is 5.75 Å². The van der Waals surface area contributed by atoms with Gasteiger partial charge in [-0.25, -0.2) is 0 Å². The number of aliphatic hydroxyl groups is 1. The van der Waals surface area contributed by atoms with Gasteiger partial charge in [0.1, 0.15) is 18.1 Å². The lowest BCUT2D eigenvalue weighted by molar-refractivity contribution is -0.139. The number of hydrogen-bond acceptors (Lipinski definition) is 5. The number of halogens is 2. The van der Waals surface area contributed by atoms with Gasteiger partial charge in [0.05, 0.1) is 21.7 Å². The number of aryl methyl sites for hydroxylation is 1. The van der Waals surface area contributed by atoms with Crippen LogP contribution in [0.25, 0.3) is 5.76 Å². The second-order valence-corrected chi connectivity index (χ2v) is 10.4. The summed E-state index contributed by atoms with van der Waals surface area (Å²) in [5.41, 5.74) is 2.87. The molecule has 0 spiro atoms. The van der Waals surface area contributed by atoms with Crippen LogP contribution in [0.15, 0.2) is 72.3 Å². The minimum absolute atomic E-state index is 0.0237. The number of aliphatic hydroxyl groups excluding tert-OH is 1. The Hall–Kier alpha value is -3.32. The summed E-state index contributed by atoms with van der Waals surface area (Å²) in [6.45, 7) is 3.35. The summed E-state index contributed by atoms with van der Waals surface area (Å²) < 4.78 is 5.96. The van der Waals surface area contributed by atoms with E-state index in [1.165, 1.54) is 4.90 Å². The molecule has 4 rings (SSSR count). The van der Waals surface area contributed by atoms with E-state index in [9.17, 15) is 14.7 Å². The molecule has 1 heterocycles. The van der Waals surface area contributed by atoms with Crippen molar-refractivity contribution in [2.45, 2.75) is 26.0 Å². The van der Waals surface area contributed by atoms with E-state index in [1.807, 2.05) is 56.3 Å². The van der Waals surface area contributed by atoms with Crippen LogP contribution < -0.4 is 4.74 Å². The molecule has 0 radical (unpaired) electrons. The quantitative estimate of drug-likeness (QED) is 0.193. The van der Waals surface area contributed by atoms with Crippen molar-refractivity contribution in [1.82, 2.24) is 9.80 Å². The highest BCUT2D eigenvalue weighted by Crippen LogP contribution is 2.41. The maximum atomic E-state index is 13.3. The SMILES string of the molecule is Cc1cc(/C(O)=C2\C(=O)C(=O)N(CCCN(C)C)C2c2ccc(Cl)c(Cl)c2)ccc1OCc1ccccc1. The summed E-state index contributed by atoms with van der Waals surface area (Å²) in [6, 6.07) is 19.2. The van der Waals surface area contributed by atoms with Crippen LogP contribution in [0.4, 0.5) is 0 Å². The maximum absolute atomic E-state index is 13.3. The number of ether oxygens (including phenoxy) is 1. The van der Waals surface area contributed by atoms with E-state index >= 15 is 0 Å². The highest BCUT2D eigenvalue weighted by atomic mass is 35.5. The van der Waals surface area contributed by atoms with Crippen LogP contribution >= 0.6 is 23.2 Å². The maximum Gasteiger partial charge on any atom is 0.295 e. The Bertz CT molecular complexity index is 1370. The molecule has 1 aliphatic heterocycles. The van der Waals surface area contributed by atoms with Crippen molar-refractivity contribution in [2.24, 2.45) is 0 Å². The number of carbonyl (C=O) groups excluding carboxylic acids is 2. The van der Waals surface area contributed by atoms with Crippen LogP contribution in [0.1, 0.15) is 34.7 Å². The number of carbonyl (C=O) groups is 2. The predicted octanol–water partition coefficient (Wildman–Crippen LogP) is 6.25. The third-order valence-electron chi connectivity index (χ3n) is 6.49. The Morgan fingerprint density at radius 1 is 1.00 bits per heavy atom. The fourth-order valence-electron chi connectivity index (χ4n) is 4.55. The molecule has 0 aromatic heterocycles. The normalized spacial score (nSPS) is 16.9. The van der Waals surface area contributed by atoms with Gasteiger partial charge in [0.2, 0.25) is 0 Å². The summed E-state index contributed by atoms with van der Waals surface area (Å²) in [5.74, 6) is -0.964. The molecule has 1 aliphatic rings. The van der Waals surface area contributed by atoms with Gasteiger partial charge in [-0.2, -0.15) is 0 Å². The average molecular weight is 553 g/mol. The summed E-state index contributed by atoms with van der Waals surface area (Å²) >= 11 is 12.4. The lowest BCUT2D eigenvalue weighted by Gasteiger charge is -2.26. The summed E-state index contributed by atoms with van der Waals surface area (Å²) in [6.07, 6.45) is 0.657. The van der Waals surface area contributed by atoms with Crippen LogP contribution in [0.3, 0.4) is 0 Å². The van der Waals surface area contributed by atoms with Crippen molar-refractivity contribution in [3.05, 3.63) is 105 Å². The molecule has 198 valence electrons. The molecule has 0 saturated carbocycles. The van der Waals surface area contributed by atoms with E-state index < -0.39 is 17.7 Å². The Labute approximate surface area is 233 Å². The van der Waals surface area contributed by atoms with Crippen LogP contribution in [0.5, 0.6) is 5.75 Å². The Morgan fingerprint density at radius 3 is 2.39 bits per heavy atom. The molecule has 1 unspecified atom stereocenters. The van der Waals surface area contributed by atoms with Crippen molar-refractivity contribution < 1.29 is 19.4 Å². The molecule has 38 heavy (non-hydrogen) atoms. The average Bonchev–Trinajstić information content (AvgIpc) is 3.14. The van der Waals surface area contributed by atoms with E-state index in [4.69, 9.17) is 27.9 Å². The predicted molar refractivity (Wildman–Crippen MR) is 151 cm³/mol. The van der Waals surface area contributed by atoms with Crippen LogP contribution in [0.2, 0.25) is 10.0 Å². The highest BCUT2D eigenvalue weighted by Gasteiger charge is 2.46. The van der Waals surface area contributed by atoms with E-state index in [2.05, 4.69) is 0 Å². The first kappa shape index (κ1) is 27.7.